The number of ketones is 1. The number of nitrogens with one attached hydrogen (secondary N) is 1. The number of hydrazine groups is 1. The van der Waals surface area contributed by atoms with Crippen molar-refractivity contribution in [3.8, 4) is 0 Å². The van der Waals surface area contributed by atoms with Gasteiger partial charge in [0.1, 0.15) is 0 Å². The van der Waals surface area contributed by atoms with Gasteiger partial charge in [0.25, 0.3) is 0 Å². The van der Waals surface area contributed by atoms with E-state index < -0.39 is 0 Å². The highest BCUT2D eigenvalue weighted by molar-refractivity contribution is 5.98. The Bertz CT molecular complexity index is 509. The first-order valence-corrected chi connectivity index (χ1v) is 7.18. The molecule has 0 atom stereocenters. The summed E-state index contributed by atoms with van der Waals surface area (Å²) in [5, 5.41) is 1.59. The molecule has 0 bridgehead atoms. The molecule has 0 aliphatic heterocycles. The highest BCUT2D eigenvalue weighted by Crippen LogP contribution is 2.22. The van der Waals surface area contributed by atoms with Gasteiger partial charge in [-0.1, -0.05) is 12.1 Å². The third-order valence-electron chi connectivity index (χ3n) is 3.60. The molecule has 0 aromatic heterocycles. The Morgan fingerprint density at radius 3 is 2.50 bits per heavy atom. The molecule has 108 valence electrons. The molecule has 4 nitrogen and oxygen atoms in total. The van der Waals surface area contributed by atoms with Gasteiger partial charge in [0, 0.05) is 32.5 Å². The fourth-order valence-electron chi connectivity index (χ4n) is 2.58. The average molecular weight is 274 g/mol. The molecule has 4 heteroatoms. The van der Waals surface area contributed by atoms with E-state index in [2.05, 4.69) is 11.5 Å². The highest BCUT2D eigenvalue weighted by Gasteiger charge is 2.14. The second kappa shape index (κ2) is 6.66. The zero-order chi connectivity index (χ0) is 14.5. The molecule has 0 heterocycles. The maximum atomic E-state index is 12.1. The molecule has 0 unspecified atom stereocenters. The van der Waals surface area contributed by atoms with Crippen molar-refractivity contribution >= 4 is 11.7 Å². The SMILES string of the molecule is CN(C)NC(=O)CCC(=O)c1ccc2c(c1)CCCC2. The van der Waals surface area contributed by atoms with Gasteiger partial charge in [-0.05, 0) is 42.9 Å². The van der Waals surface area contributed by atoms with Crippen LogP contribution in [0.15, 0.2) is 18.2 Å². The molecule has 1 N–H and O–H groups in total. The number of hydrogen-bond donors (Lipinski definition) is 1. The fraction of sp³-hybridized carbons (Fsp3) is 0.500. The van der Waals surface area contributed by atoms with Crippen molar-refractivity contribution in [3.05, 3.63) is 34.9 Å². The maximum absolute atomic E-state index is 12.1. The summed E-state index contributed by atoms with van der Waals surface area (Å²) in [6.07, 6.45) is 5.13. The van der Waals surface area contributed by atoms with E-state index in [-0.39, 0.29) is 24.5 Å². The number of carbonyl (C=O) groups is 2. The van der Waals surface area contributed by atoms with E-state index >= 15 is 0 Å². The number of amides is 1. The number of Topliss-reactive ketones (excluding diaryl/α,β-unsaturated/α-hetero) is 1. The van der Waals surface area contributed by atoms with Crippen molar-refractivity contribution in [1.29, 1.82) is 0 Å². The minimum atomic E-state index is -0.124. The molecule has 1 amide bonds. The quantitative estimate of drug-likeness (QED) is 0.661. The van der Waals surface area contributed by atoms with Crippen LogP contribution >= 0.6 is 0 Å². The van der Waals surface area contributed by atoms with Crippen LogP contribution in [-0.4, -0.2) is 30.8 Å². The van der Waals surface area contributed by atoms with Crippen LogP contribution in [0.1, 0.15) is 47.2 Å². The molecule has 1 aliphatic rings. The summed E-state index contributed by atoms with van der Waals surface area (Å²) >= 11 is 0. The van der Waals surface area contributed by atoms with Crippen LogP contribution in [0, 0.1) is 0 Å². The van der Waals surface area contributed by atoms with Gasteiger partial charge in [0.15, 0.2) is 5.78 Å². The first-order chi connectivity index (χ1) is 9.56. The number of hydrogen-bond acceptors (Lipinski definition) is 3. The molecule has 1 aromatic rings. The van der Waals surface area contributed by atoms with E-state index in [0.717, 1.165) is 18.4 Å². The monoisotopic (exact) mass is 274 g/mol. The standard InChI is InChI=1S/C16H22N2O2/c1-18(2)17-16(20)10-9-15(19)14-8-7-12-5-3-4-6-13(12)11-14/h7-8,11H,3-6,9-10H2,1-2H3,(H,17,20). The third kappa shape index (κ3) is 3.90. The van der Waals surface area contributed by atoms with E-state index in [4.69, 9.17) is 0 Å². The summed E-state index contributed by atoms with van der Waals surface area (Å²) < 4.78 is 0. The van der Waals surface area contributed by atoms with Crippen LogP contribution in [0.25, 0.3) is 0 Å². The molecular formula is C16H22N2O2. The second-order valence-electron chi connectivity index (χ2n) is 5.54. The van der Waals surface area contributed by atoms with Gasteiger partial charge in [0.2, 0.25) is 5.91 Å². The minimum Gasteiger partial charge on any atom is -0.294 e. The number of nitrogens with zero attached hydrogens (tertiary/aromatic N) is 1. The molecule has 0 fully saturated rings. The summed E-state index contributed by atoms with van der Waals surface area (Å²) in [6.45, 7) is 0. The lowest BCUT2D eigenvalue weighted by Gasteiger charge is -2.16. The van der Waals surface area contributed by atoms with Crippen LogP contribution in [-0.2, 0) is 17.6 Å². The lowest BCUT2D eigenvalue weighted by atomic mass is 9.89. The van der Waals surface area contributed by atoms with Gasteiger partial charge in [-0.25, -0.2) is 5.01 Å². The predicted molar refractivity (Wildman–Crippen MR) is 78.5 cm³/mol. The fourth-order valence-corrected chi connectivity index (χ4v) is 2.58. The molecule has 20 heavy (non-hydrogen) atoms. The maximum Gasteiger partial charge on any atom is 0.234 e. The van der Waals surface area contributed by atoms with E-state index in [1.54, 1.807) is 19.1 Å². The Balaban J connectivity index is 1.94. The molecule has 0 saturated heterocycles. The smallest absolute Gasteiger partial charge is 0.234 e. The van der Waals surface area contributed by atoms with Crippen molar-refractivity contribution in [2.75, 3.05) is 14.1 Å². The first kappa shape index (κ1) is 14.7. The van der Waals surface area contributed by atoms with Crippen LogP contribution in [0.5, 0.6) is 0 Å². The largest absolute Gasteiger partial charge is 0.294 e. The molecule has 0 spiro atoms. The minimum absolute atomic E-state index is 0.0484. The number of carbonyl (C=O) groups excluding carboxylic acids is 2. The van der Waals surface area contributed by atoms with E-state index in [0.29, 0.717) is 0 Å². The summed E-state index contributed by atoms with van der Waals surface area (Å²) in [7, 11) is 3.51. The van der Waals surface area contributed by atoms with E-state index in [9.17, 15) is 9.59 Å². The van der Waals surface area contributed by atoms with Crippen molar-refractivity contribution in [2.24, 2.45) is 0 Å². The van der Waals surface area contributed by atoms with Crippen molar-refractivity contribution in [1.82, 2.24) is 10.4 Å². The van der Waals surface area contributed by atoms with Crippen LogP contribution < -0.4 is 5.43 Å². The number of aryl methyl sites for hydroxylation is 2. The number of fused-ring (bicyclic) bond motifs is 1. The van der Waals surface area contributed by atoms with Gasteiger partial charge in [0.05, 0.1) is 0 Å². The van der Waals surface area contributed by atoms with Gasteiger partial charge >= 0.3 is 0 Å². The van der Waals surface area contributed by atoms with Crippen LogP contribution in [0.3, 0.4) is 0 Å². The zero-order valence-electron chi connectivity index (χ0n) is 12.2. The topological polar surface area (TPSA) is 49.4 Å². The number of rotatable bonds is 5. The summed E-state index contributed by atoms with van der Waals surface area (Å²) in [5.41, 5.74) is 6.06. The van der Waals surface area contributed by atoms with Crippen LogP contribution in [0.2, 0.25) is 0 Å². The van der Waals surface area contributed by atoms with Gasteiger partial charge in [-0.3, -0.25) is 15.0 Å². The zero-order valence-corrected chi connectivity index (χ0v) is 12.2. The Kier molecular flexibility index (Phi) is 4.90. The average Bonchev–Trinajstić information content (AvgIpc) is 2.43. The van der Waals surface area contributed by atoms with Gasteiger partial charge < -0.3 is 0 Å². The van der Waals surface area contributed by atoms with Crippen LogP contribution in [0.4, 0.5) is 0 Å². The molecule has 2 rings (SSSR count). The van der Waals surface area contributed by atoms with E-state index in [1.807, 2.05) is 12.1 Å². The normalized spacial score (nSPS) is 13.9. The molecule has 0 saturated carbocycles. The predicted octanol–water partition coefficient (Wildman–Crippen LogP) is 2.12. The Morgan fingerprint density at radius 1 is 1.10 bits per heavy atom. The molecular weight excluding hydrogens is 252 g/mol. The Labute approximate surface area is 120 Å². The molecule has 0 radical (unpaired) electrons. The van der Waals surface area contributed by atoms with Gasteiger partial charge in [-0.15, -0.1) is 0 Å². The summed E-state index contributed by atoms with van der Waals surface area (Å²) in [5.74, 6) is -0.0754. The summed E-state index contributed by atoms with van der Waals surface area (Å²) in [4.78, 5) is 23.6. The first-order valence-electron chi connectivity index (χ1n) is 7.18. The molecule has 1 aliphatic carbocycles. The van der Waals surface area contributed by atoms with E-state index in [1.165, 1.54) is 24.0 Å². The third-order valence-corrected chi connectivity index (χ3v) is 3.60. The summed E-state index contributed by atoms with van der Waals surface area (Å²) in [6, 6.07) is 5.98. The Morgan fingerprint density at radius 2 is 1.80 bits per heavy atom. The second-order valence-corrected chi connectivity index (χ2v) is 5.54. The van der Waals surface area contributed by atoms with Crippen molar-refractivity contribution < 1.29 is 9.59 Å². The van der Waals surface area contributed by atoms with Crippen molar-refractivity contribution in [3.63, 3.8) is 0 Å². The highest BCUT2D eigenvalue weighted by atomic mass is 16.2. The number of benzene rings is 1. The lowest BCUT2D eigenvalue weighted by Crippen LogP contribution is -2.36. The lowest BCUT2D eigenvalue weighted by molar-refractivity contribution is -0.124. The molecule has 1 aromatic carbocycles. The van der Waals surface area contributed by atoms with Gasteiger partial charge in [-0.2, -0.15) is 0 Å². The Hall–Kier alpha value is -1.68. The van der Waals surface area contributed by atoms with Crippen molar-refractivity contribution in [2.45, 2.75) is 38.5 Å².